The van der Waals surface area contributed by atoms with Gasteiger partial charge in [0, 0.05) is 0 Å². The van der Waals surface area contributed by atoms with Gasteiger partial charge in [0.1, 0.15) is 0 Å². The molecule has 0 aliphatic rings. The molecular weight excluding hydrogens is 1880 g/mol. The van der Waals surface area contributed by atoms with Gasteiger partial charge in [-0.05, 0) is 0 Å². The van der Waals surface area contributed by atoms with Crippen LogP contribution in [0.4, 0.5) is 0 Å². The van der Waals surface area contributed by atoms with Crippen LogP contribution in [0.25, 0.3) is 0 Å². The van der Waals surface area contributed by atoms with Gasteiger partial charge in [0.05, 0.1) is 0 Å². The largest absolute Gasteiger partial charge is 3.00 e. The third-order valence-electron chi connectivity index (χ3n) is 0. The smallest absolute Gasteiger partial charge is 2.00 e. The Hall–Kier alpha value is 21.1. The van der Waals surface area contributed by atoms with Crippen molar-refractivity contribution in [3.63, 3.8) is 0 Å². The van der Waals surface area contributed by atoms with E-state index in [1.807, 2.05) is 0 Å². The molecule has 0 aromatic carbocycles. The van der Waals surface area contributed by atoms with Crippen molar-refractivity contribution in [3.05, 3.63) is 0 Å². The molecule has 0 rings (SSSR count). The van der Waals surface area contributed by atoms with Gasteiger partial charge in [0.15, 0.2) is 0 Å². The Labute approximate surface area is 974 Å². The Morgan fingerprint density at radius 3 is 0.0227 bits per heavy atom. The molecule has 0 saturated heterocycles. The summed E-state index contributed by atoms with van der Waals surface area (Å²) in [5.41, 5.74) is 0. The summed E-state index contributed by atoms with van der Waals surface area (Å²) in [6, 6.07) is 0. The van der Waals surface area contributed by atoms with Gasteiger partial charge in [0.25, 0.3) is 0 Å². The molecule has 0 aliphatic heterocycles. The Balaban J connectivity index is 0. The fourth-order valence-electron chi connectivity index (χ4n) is 0. The van der Waals surface area contributed by atoms with Gasteiger partial charge < -0.3 is 246 Å². The maximum Gasteiger partial charge on any atom is 3.00 e. The van der Waals surface area contributed by atoms with Gasteiger partial charge in [-0.2, -0.15) is 0 Å². The van der Waals surface area contributed by atoms with Crippen molar-refractivity contribution in [2.75, 3.05) is 0 Å². The fourth-order valence-corrected chi connectivity index (χ4v) is 0. The molecule has 0 heterocycles. The normalized spacial score (nSPS) is 0. The summed E-state index contributed by atoms with van der Waals surface area (Å²) in [5.74, 6) is 0. The maximum atomic E-state index is 0. The van der Waals surface area contributed by atoms with Crippen molar-refractivity contribution >= 4 is 747 Å². The van der Waals surface area contributed by atoms with Gasteiger partial charge in [0.2, 0.25) is 0 Å². The summed E-state index contributed by atoms with van der Waals surface area (Å²) >= 11 is 0. The van der Waals surface area contributed by atoms with Crippen LogP contribution in [0, 0.1) is 0 Å². The fraction of sp³-hybridized carbons (Fsp3) is 0. The van der Waals surface area contributed by atoms with Gasteiger partial charge in [-0.1, -0.05) is 0 Å². The van der Waals surface area contributed by atoms with Crippen LogP contribution in [0.1, 0.15) is 0 Å². The van der Waals surface area contributed by atoms with Crippen LogP contribution in [0.3, 0.4) is 0 Å². The zero-order valence-corrected chi connectivity index (χ0v) is 92.8. The molecule has 360 valence electrons. The minimum atomic E-state index is 0. The van der Waals surface area contributed by atoms with Gasteiger partial charge in [-0.3, -0.25) is 0 Å². The second kappa shape index (κ2) is 2790. The first-order valence-corrected chi connectivity index (χ1v) is 0. The molecule has 0 radical (unpaired) electrons. The quantitative estimate of drug-likeness (QED) is 0.204. The molecule has 0 amide bonds. The molecule has 0 unspecified atom stereocenters. The maximum absolute atomic E-state index is 0. The van der Waals surface area contributed by atoms with Gasteiger partial charge in [-0.15, -0.1) is 0 Å². The SMILES string of the molecule is [Al+3].[Al+3].[Al+3].[Al+3].[Al+3].[Al+3].[Al+3].[Al+3].[Al+3].[Al+3].[Al+3].[Al+3].[Al+3].[Al+3].[Al+3].[Al+3].[Al+3].[Al+3].[Al+3].[Al+3].[Al+3].[Al+3].[Al+3].[Al+3].[Al+3].[Al+3].[Al+3].[Al+3].[Al+3].[Al+3].[Al+3].[Al+3].[Al+3].[Al+3].[Al+3].[Al+3].[Al+3].[Al+3].[Al+3].[Al+3].[Al+3].[Al+3].[Al+3].[O-2].[O-2].[O-2].[O-2].[O-2].[O-2].[O-2].[O-2].[O-2].[O-2].[O-2].[O-2].[O-2].[O-2].[O-2].[O-2].[O-2].[O-2].[O-2].[O-2].[O-2].[O-2].[O-2].[O-2].[O-2].[O-2].[O-2].[O-2].[O-2].[O-2].[O-2].[O-2].[O-2].[O-2].[O-2].[O-2].[O-2].[O-2].[O-2].[O-2].[O-2].[O-2].[O-2].[O-2].[O-2]. The predicted octanol–water partition coefficient (Wildman–Crippen LogP) is -21.7. The third-order valence-corrected chi connectivity index (χ3v) is 0. The second-order valence-electron chi connectivity index (χ2n) is 0. The first-order chi connectivity index (χ1) is 0. The van der Waals surface area contributed by atoms with Crippen LogP contribution in [-0.2, 0) is 246 Å². The average Bonchev–Trinajstić information content (AvgIpc) is 0. The van der Waals surface area contributed by atoms with Crippen molar-refractivity contribution in [2.45, 2.75) is 0 Å². The van der Waals surface area contributed by atoms with Crippen LogP contribution in [0.2, 0.25) is 0 Å². The monoisotopic (exact) mass is 1880 g/mol. The van der Waals surface area contributed by atoms with Crippen molar-refractivity contribution in [3.8, 4) is 0 Å². The molecule has 0 aromatic rings. The summed E-state index contributed by atoms with van der Waals surface area (Å²) in [6.45, 7) is 0. The summed E-state index contributed by atoms with van der Waals surface area (Å²) in [6.07, 6.45) is 0. The van der Waals surface area contributed by atoms with Crippen LogP contribution in [-0.4, -0.2) is 747 Å². The van der Waals surface area contributed by atoms with E-state index in [1.54, 1.807) is 0 Å². The molecule has 0 spiro atoms. The van der Waals surface area contributed by atoms with Crippen LogP contribution >= 0.6 is 0 Å². The van der Waals surface area contributed by atoms with E-state index in [4.69, 9.17) is 0 Å². The number of hydrogen-bond donors (Lipinski definition) is 0. The minimum absolute atomic E-state index is 0. The van der Waals surface area contributed by atoms with E-state index in [1.165, 1.54) is 0 Å². The molecule has 88 heavy (non-hydrogen) atoms. The molecule has 0 saturated carbocycles. The molecule has 0 aliphatic carbocycles. The van der Waals surface area contributed by atoms with Crippen LogP contribution in [0.15, 0.2) is 0 Å². The molecule has 0 N–H and O–H groups in total. The van der Waals surface area contributed by atoms with Crippen molar-refractivity contribution in [1.82, 2.24) is 0 Å². The molecule has 45 nitrogen and oxygen atoms in total. The Morgan fingerprint density at radius 2 is 0.0227 bits per heavy atom. The van der Waals surface area contributed by atoms with E-state index < -0.39 is 0 Å². The topological polar surface area (TPSA) is 1280 Å². The van der Waals surface area contributed by atoms with Crippen LogP contribution in [0.5, 0.6) is 0 Å². The summed E-state index contributed by atoms with van der Waals surface area (Å²) < 4.78 is 0. The first kappa shape index (κ1) is 2860. The van der Waals surface area contributed by atoms with E-state index >= 15 is 0 Å². The van der Waals surface area contributed by atoms with Crippen molar-refractivity contribution in [1.29, 1.82) is 0 Å². The van der Waals surface area contributed by atoms with E-state index in [0.29, 0.717) is 0 Å². The Morgan fingerprint density at radius 1 is 0.0227 bits per heavy atom. The summed E-state index contributed by atoms with van der Waals surface area (Å²) in [5, 5.41) is 0. The zero-order chi connectivity index (χ0) is 0. The summed E-state index contributed by atoms with van der Waals surface area (Å²) in [4.78, 5) is 0. The Kier molecular flexibility index (Phi) is 90700. The van der Waals surface area contributed by atoms with Gasteiger partial charge in [-0.25, -0.2) is 0 Å². The van der Waals surface area contributed by atoms with Gasteiger partial charge >= 0.3 is 747 Å². The number of rotatable bonds is 0. The predicted molar refractivity (Wildman–Crippen MR) is 278 cm³/mol. The minimum Gasteiger partial charge on any atom is -2.00 e. The Bertz CT molecular complexity index is 88.0. The van der Waals surface area contributed by atoms with E-state index in [-0.39, 0.29) is 993 Å². The molecule has 0 atom stereocenters. The van der Waals surface area contributed by atoms with E-state index in [0.717, 1.165) is 0 Å². The third kappa shape index (κ3) is 2710. The molecule has 0 bridgehead atoms. The molecule has 88 heteroatoms. The standard InChI is InChI=1S/43Al.45O/q43*+3;45*-2. The van der Waals surface area contributed by atoms with Crippen LogP contribution < -0.4 is 0 Å². The van der Waals surface area contributed by atoms with E-state index in [2.05, 4.69) is 0 Å². The second-order valence-corrected chi connectivity index (χ2v) is 0. The summed E-state index contributed by atoms with van der Waals surface area (Å²) in [7, 11) is 0. The van der Waals surface area contributed by atoms with Crippen molar-refractivity contribution < 1.29 is 246 Å². The molecule has 0 aromatic heterocycles. The molecular formula is Al43O45+39. The molecule has 0 fully saturated rings. The first-order valence-electron chi connectivity index (χ1n) is 0. The zero-order valence-electron chi connectivity index (χ0n) is 43.2. The van der Waals surface area contributed by atoms with Crippen molar-refractivity contribution in [2.24, 2.45) is 0 Å². The van der Waals surface area contributed by atoms with E-state index in [9.17, 15) is 0 Å². The average molecular weight is 1880 g/mol. The number of hydrogen-bond acceptors (Lipinski definition) is 0.